The van der Waals surface area contributed by atoms with Crippen molar-refractivity contribution in [3.05, 3.63) is 58.7 Å². The van der Waals surface area contributed by atoms with Gasteiger partial charge in [-0.3, -0.25) is 9.10 Å². The molecule has 1 N–H and O–H groups in total. The number of fused-ring (bicyclic) bond motifs is 1. The zero-order chi connectivity index (χ0) is 22.1. The zero-order valence-corrected chi connectivity index (χ0v) is 19.0. The number of rotatable bonds is 7. The van der Waals surface area contributed by atoms with Gasteiger partial charge in [-0.1, -0.05) is 24.3 Å². The summed E-state index contributed by atoms with van der Waals surface area (Å²) in [5.74, 6) is 0.0364. The van der Waals surface area contributed by atoms with Crippen molar-refractivity contribution in [2.45, 2.75) is 52.1 Å². The van der Waals surface area contributed by atoms with E-state index < -0.39 is 16.1 Å². The van der Waals surface area contributed by atoms with Gasteiger partial charge >= 0.3 is 0 Å². The van der Waals surface area contributed by atoms with Crippen molar-refractivity contribution in [3.63, 3.8) is 0 Å². The second-order valence-electron chi connectivity index (χ2n) is 8.02. The smallest absolute Gasteiger partial charge is 0.244 e. The van der Waals surface area contributed by atoms with Crippen LogP contribution in [0.15, 0.2) is 36.4 Å². The van der Waals surface area contributed by atoms with Crippen LogP contribution in [0.25, 0.3) is 0 Å². The van der Waals surface area contributed by atoms with Gasteiger partial charge < -0.3 is 10.1 Å². The van der Waals surface area contributed by atoms with Gasteiger partial charge in [0.2, 0.25) is 15.9 Å². The largest absolute Gasteiger partial charge is 0.495 e. The number of hydrogen-bond acceptors (Lipinski definition) is 4. The van der Waals surface area contributed by atoms with E-state index in [0.717, 1.165) is 41.0 Å². The van der Waals surface area contributed by atoms with E-state index in [4.69, 9.17) is 4.74 Å². The van der Waals surface area contributed by atoms with Gasteiger partial charge in [0.1, 0.15) is 11.8 Å². The predicted octanol–water partition coefficient (Wildman–Crippen LogP) is 3.52. The number of aryl methyl sites for hydroxylation is 3. The predicted molar refractivity (Wildman–Crippen MR) is 120 cm³/mol. The molecule has 1 aliphatic carbocycles. The lowest BCUT2D eigenvalue weighted by Gasteiger charge is -2.30. The first-order chi connectivity index (χ1) is 14.1. The number of ether oxygens (including phenoxy) is 1. The molecule has 7 heteroatoms. The molecule has 0 spiro atoms. The normalized spacial score (nSPS) is 15.2. The standard InChI is InChI=1S/C23H30N2O4S/c1-15-9-12-22(29-4)21(13-15)25(30(5,27)28)17(3)23(26)24-16(2)19-11-10-18-7-6-8-20(18)14-19/h9-14,16-17H,6-8H2,1-5H3,(H,24,26)/t16-,17-/m1/s1. The fraction of sp³-hybridized carbons (Fsp3) is 0.435. The van der Waals surface area contributed by atoms with Crippen LogP contribution in [0.1, 0.15) is 48.6 Å². The summed E-state index contributed by atoms with van der Waals surface area (Å²) in [5, 5.41) is 2.98. The molecule has 0 fully saturated rings. The van der Waals surface area contributed by atoms with E-state index in [1.165, 1.54) is 18.2 Å². The molecule has 0 radical (unpaired) electrons. The molecule has 30 heavy (non-hydrogen) atoms. The van der Waals surface area contributed by atoms with Gasteiger partial charge in [0.25, 0.3) is 0 Å². The minimum absolute atomic E-state index is 0.230. The second kappa shape index (κ2) is 8.68. The Hall–Kier alpha value is -2.54. The zero-order valence-electron chi connectivity index (χ0n) is 18.2. The number of carbonyl (C=O) groups is 1. The number of nitrogens with zero attached hydrogens (tertiary/aromatic N) is 1. The van der Waals surface area contributed by atoms with Crippen LogP contribution in [0.2, 0.25) is 0 Å². The Bertz CT molecular complexity index is 1050. The first-order valence-corrected chi connectivity index (χ1v) is 12.0. The van der Waals surface area contributed by atoms with E-state index in [-0.39, 0.29) is 11.9 Å². The molecule has 3 rings (SSSR count). The lowest BCUT2D eigenvalue weighted by molar-refractivity contribution is -0.122. The SMILES string of the molecule is COc1ccc(C)cc1N([C@H](C)C(=O)N[C@H](C)c1ccc2c(c1)CCC2)S(C)(=O)=O. The molecule has 1 amide bonds. The Morgan fingerprint density at radius 2 is 1.80 bits per heavy atom. The third kappa shape index (κ3) is 4.61. The lowest BCUT2D eigenvalue weighted by Crippen LogP contribution is -2.48. The third-order valence-electron chi connectivity index (χ3n) is 5.64. The van der Waals surface area contributed by atoms with E-state index in [2.05, 4.69) is 17.4 Å². The molecule has 0 bridgehead atoms. The first-order valence-electron chi connectivity index (χ1n) is 10.2. The fourth-order valence-corrected chi connectivity index (χ4v) is 5.20. The van der Waals surface area contributed by atoms with Crippen LogP contribution in [0.3, 0.4) is 0 Å². The van der Waals surface area contributed by atoms with Crippen molar-refractivity contribution in [1.82, 2.24) is 5.32 Å². The number of sulfonamides is 1. The van der Waals surface area contributed by atoms with Crippen LogP contribution in [0.4, 0.5) is 5.69 Å². The average Bonchev–Trinajstić information content (AvgIpc) is 3.14. The molecule has 162 valence electrons. The summed E-state index contributed by atoms with van der Waals surface area (Å²) in [7, 11) is -2.25. The molecule has 0 aliphatic heterocycles. The summed E-state index contributed by atoms with van der Waals surface area (Å²) >= 11 is 0. The summed E-state index contributed by atoms with van der Waals surface area (Å²) in [6.07, 6.45) is 4.44. The van der Waals surface area contributed by atoms with Crippen LogP contribution < -0.4 is 14.4 Å². The van der Waals surface area contributed by atoms with Crippen LogP contribution >= 0.6 is 0 Å². The monoisotopic (exact) mass is 430 g/mol. The molecule has 1 aliphatic rings. The number of methoxy groups -OCH3 is 1. The highest BCUT2D eigenvalue weighted by Crippen LogP contribution is 2.33. The van der Waals surface area contributed by atoms with Crippen molar-refractivity contribution in [3.8, 4) is 5.75 Å². The van der Waals surface area contributed by atoms with Crippen molar-refractivity contribution in [2.24, 2.45) is 0 Å². The summed E-state index contributed by atoms with van der Waals surface area (Å²) in [5.41, 5.74) is 4.96. The van der Waals surface area contributed by atoms with Gasteiger partial charge in [0, 0.05) is 0 Å². The minimum Gasteiger partial charge on any atom is -0.495 e. The summed E-state index contributed by atoms with van der Waals surface area (Å²) < 4.78 is 31.8. The van der Waals surface area contributed by atoms with Crippen LogP contribution in [-0.4, -0.2) is 33.7 Å². The summed E-state index contributed by atoms with van der Waals surface area (Å²) in [6, 6.07) is 10.4. The van der Waals surface area contributed by atoms with E-state index >= 15 is 0 Å². The van der Waals surface area contributed by atoms with Gasteiger partial charge in [-0.25, -0.2) is 8.42 Å². The maximum atomic E-state index is 13.0. The van der Waals surface area contributed by atoms with Crippen molar-refractivity contribution in [1.29, 1.82) is 0 Å². The molecule has 0 saturated carbocycles. The van der Waals surface area contributed by atoms with Gasteiger partial charge in [-0.05, 0) is 74.4 Å². The van der Waals surface area contributed by atoms with Gasteiger partial charge in [-0.2, -0.15) is 0 Å². The molecule has 2 aromatic carbocycles. The Balaban J connectivity index is 1.85. The summed E-state index contributed by atoms with van der Waals surface area (Å²) in [6.45, 7) is 5.37. The molecule has 0 saturated heterocycles. The Morgan fingerprint density at radius 1 is 1.10 bits per heavy atom. The Labute approximate surface area is 179 Å². The quantitative estimate of drug-likeness (QED) is 0.729. The summed E-state index contributed by atoms with van der Waals surface area (Å²) in [4.78, 5) is 13.0. The van der Waals surface area contributed by atoms with Crippen molar-refractivity contribution in [2.75, 3.05) is 17.7 Å². The molecule has 0 heterocycles. The van der Waals surface area contributed by atoms with E-state index in [1.807, 2.05) is 26.0 Å². The molecule has 0 unspecified atom stereocenters. The van der Waals surface area contributed by atoms with E-state index in [0.29, 0.717) is 11.4 Å². The van der Waals surface area contributed by atoms with Gasteiger partial charge in [0.15, 0.2) is 0 Å². The molecular weight excluding hydrogens is 400 g/mol. The van der Waals surface area contributed by atoms with Crippen molar-refractivity contribution < 1.29 is 17.9 Å². The minimum atomic E-state index is -3.73. The number of amides is 1. The van der Waals surface area contributed by atoms with E-state index in [1.54, 1.807) is 19.1 Å². The second-order valence-corrected chi connectivity index (χ2v) is 9.88. The highest BCUT2D eigenvalue weighted by atomic mass is 32.2. The Morgan fingerprint density at radius 3 is 2.47 bits per heavy atom. The van der Waals surface area contributed by atoms with Crippen LogP contribution in [-0.2, 0) is 27.7 Å². The molecular formula is C23H30N2O4S. The number of hydrogen-bond donors (Lipinski definition) is 1. The fourth-order valence-electron chi connectivity index (χ4n) is 4.03. The Kier molecular flexibility index (Phi) is 6.41. The van der Waals surface area contributed by atoms with E-state index in [9.17, 15) is 13.2 Å². The topological polar surface area (TPSA) is 75.7 Å². The highest BCUT2D eigenvalue weighted by Gasteiger charge is 2.32. The molecule has 2 aromatic rings. The van der Waals surface area contributed by atoms with Gasteiger partial charge in [-0.15, -0.1) is 0 Å². The first kappa shape index (κ1) is 22.2. The number of nitrogens with one attached hydrogen (secondary N) is 1. The van der Waals surface area contributed by atoms with Crippen LogP contribution in [0, 0.1) is 6.92 Å². The van der Waals surface area contributed by atoms with Gasteiger partial charge in [0.05, 0.1) is 25.1 Å². The third-order valence-corrected chi connectivity index (χ3v) is 6.87. The van der Waals surface area contributed by atoms with Crippen LogP contribution in [0.5, 0.6) is 5.75 Å². The molecule has 2 atom stereocenters. The number of benzene rings is 2. The maximum Gasteiger partial charge on any atom is 0.244 e. The highest BCUT2D eigenvalue weighted by molar-refractivity contribution is 7.92. The number of anilines is 1. The average molecular weight is 431 g/mol. The maximum absolute atomic E-state index is 13.0. The molecule has 6 nitrogen and oxygen atoms in total. The lowest BCUT2D eigenvalue weighted by atomic mass is 10.0. The molecule has 0 aromatic heterocycles. The van der Waals surface area contributed by atoms with Crippen molar-refractivity contribution >= 4 is 21.6 Å². The number of carbonyl (C=O) groups excluding carboxylic acids is 1.